The van der Waals surface area contributed by atoms with Gasteiger partial charge in [0.15, 0.2) is 0 Å². The standard InChI is InChI=1S/C25H35BrO4/c1-22(2,3)21(28)29-12-6-9-24(5)15-7-8-23(4)17(13-10-14(13)19(23)27)16(15)18(26)20-25(24,11-12)30-20/h12-18,20H,6-11H2,1-5H3/t12?,13-,14+,15+,16-,17+,18+,20-,23+,24-,25-/m1/s1. The second-order valence-corrected chi connectivity index (χ2v) is 13.9. The molecular formula is C25H35BrO4. The van der Waals surface area contributed by atoms with Crippen LogP contribution in [0.25, 0.3) is 0 Å². The predicted octanol–water partition coefficient (Wildman–Crippen LogP) is 4.92. The fourth-order valence-corrected chi connectivity index (χ4v) is 9.88. The van der Waals surface area contributed by atoms with E-state index >= 15 is 0 Å². The lowest BCUT2D eigenvalue weighted by atomic mass is 9.44. The molecule has 166 valence electrons. The van der Waals surface area contributed by atoms with Gasteiger partial charge in [-0.05, 0) is 76.5 Å². The number of hydrogen-bond acceptors (Lipinski definition) is 4. The molecule has 11 atom stereocenters. The molecule has 0 aromatic carbocycles. The average Bonchev–Trinajstić information content (AvgIpc) is 3.56. The Labute approximate surface area is 188 Å². The first-order valence-electron chi connectivity index (χ1n) is 12.0. The van der Waals surface area contributed by atoms with Crippen LogP contribution in [-0.4, -0.2) is 34.4 Å². The van der Waals surface area contributed by atoms with Gasteiger partial charge in [0, 0.05) is 28.0 Å². The zero-order valence-electron chi connectivity index (χ0n) is 18.9. The minimum absolute atomic E-state index is 0.0409. The first kappa shape index (κ1) is 20.2. The predicted molar refractivity (Wildman–Crippen MR) is 116 cm³/mol. The maximum Gasteiger partial charge on any atom is 0.311 e. The number of ether oxygens (including phenoxy) is 2. The van der Waals surface area contributed by atoms with Crippen LogP contribution in [0.2, 0.25) is 0 Å². The monoisotopic (exact) mass is 478 g/mol. The maximum absolute atomic E-state index is 13.1. The number of hydrogen-bond donors (Lipinski definition) is 0. The van der Waals surface area contributed by atoms with Crippen molar-refractivity contribution in [3.8, 4) is 0 Å². The van der Waals surface area contributed by atoms with Crippen LogP contribution in [0.4, 0.5) is 0 Å². The molecule has 1 heterocycles. The van der Waals surface area contributed by atoms with E-state index in [1.807, 2.05) is 20.8 Å². The molecule has 1 saturated heterocycles. The lowest BCUT2D eigenvalue weighted by Gasteiger charge is -2.60. The Morgan fingerprint density at radius 1 is 1.20 bits per heavy atom. The first-order valence-corrected chi connectivity index (χ1v) is 12.9. The molecular weight excluding hydrogens is 444 g/mol. The van der Waals surface area contributed by atoms with Crippen molar-refractivity contribution >= 4 is 27.7 Å². The summed E-state index contributed by atoms with van der Waals surface area (Å²) in [5.74, 6) is 3.07. The fraction of sp³-hybridized carbons (Fsp3) is 0.920. The van der Waals surface area contributed by atoms with Gasteiger partial charge in [-0.25, -0.2) is 0 Å². The highest BCUT2D eigenvalue weighted by Crippen LogP contribution is 2.77. The molecule has 5 saturated carbocycles. The van der Waals surface area contributed by atoms with Crippen LogP contribution in [0.15, 0.2) is 0 Å². The maximum atomic E-state index is 13.1. The van der Waals surface area contributed by atoms with Crippen LogP contribution in [0, 0.1) is 45.8 Å². The Hall–Kier alpha value is -0.420. The van der Waals surface area contributed by atoms with Gasteiger partial charge in [-0.15, -0.1) is 0 Å². The summed E-state index contributed by atoms with van der Waals surface area (Å²) in [6.45, 7) is 10.5. The van der Waals surface area contributed by atoms with Gasteiger partial charge in [-0.2, -0.15) is 0 Å². The van der Waals surface area contributed by atoms with Gasteiger partial charge in [0.05, 0.1) is 5.41 Å². The van der Waals surface area contributed by atoms with E-state index in [9.17, 15) is 9.59 Å². The summed E-state index contributed by atoms with van der Waals surface area (Å²) < 4.78 is 12.6. The zero-order valence-corrected chi connectivity index (χ0v) is 20.5. The van der Waals surface area contributed by atoms with Crippen LogP contribution < -0.4 is 0 Å². The quantitative estimate of drug-likeness (QED) is 0.305. The number of Topliss-reactive ketones (excluding diaryl/α,β-unsaturated/α-hetero) is 1. The van der Waals surface area contributed by atoms with E-state index in [0.29, 0.717) is 40.2 Å². The molecule has 30 heavy (non-hydrogen) atoms. The topological polar surface area (TPSA) is 55.9 Å². The Morgan fingerprint density at radius 2 is 1.93 bits per heavy atom. The van der Waals surface area contributed by atoms with Crippen LogP contribution in [-0.2, 0) is 19.1 Å². The molecule has 1 unspecified atom stereocenters. The first-order chi connectivity index (χ1) is 13.9. The van der Waals surface area contributed by atoms with Crippen molar-refractivity contribution in [3.05, 3.63) is 0 Å². The number of alkyl halides is 1. The Balaban J connectivity index is 1.29. The minimum atomic E-state index is -0.471. The Morgan fingerprint density at radius 3 is 2.63 bits per heavy atom. The van der Waals surface area contributed by atoms with Gasteiger partial charge in [0.25, 0.3) is 0 Å². The highest BCUT2D eigenvalue weighted by molar-refractivity contribution is 9.09. The minimum Gasteiger partial charge on any atom is -0.462 e. The normalized spacial score (nSPS) is 58.0. The Bertz CT molecular complexity index is 833. The van der Waals surface area contributed by atoms with E-state index < -0.39 is 5.41 Å². The molecule has 0 N–H and O–H groups in total. The smallest absolute Gasteiger partial charge is 0.311 e. The summed E-state index contributed by atoms with van der Waals surface area (Å²) in [5.41, 5.74) is -0.621. The van der Waals surface area contributed by atoms with Gasteiger partial charge in [-0.3, -0.25) is 9.59 Å². The number of ketones is 1. The fourth-order valence-electron chi connectivity index (χ4n) is 8.65. The molecule has 1 aliphatic heterocycles. The SMILES string of the molecule is CC(C)(C)C(=O)OC1CC[C@]2(C)[C@H]3CC[C@]4(C)C(=O)[C@H]5C[C@H]5[C@H]4[C@@H]3[C@H](Br)[C@H]3O[C@]32C1. The van der Waals surface area contributed by atoms with Crippen molar-refractivity contribution in [2.24, 2.45) is 45.8 Å². The summed E-state index contributed by atoms with van der Waals surface area (Å²) in [6, 6.07) is 0. The molecule has 0 amide bonds. The van der Waals surface area contributed by atoms with Crippen molar-refractivity contribution in [3.63, 3.8) is 0 Å². The average molecular weight is 479 g/mol. The lowest BCUT2D eigenvalue weighted by Crippen LogP contribution is -2.62. The number of esters is 1. The van der Waals surface area contributed by atoms with Crippen LogP contribution in [0.3, 0.4) is 0 Å². The van der Waals surface area contributed by atoms with E-state index in [4.69, 9.17) is 9.47 Å². The third kappa shape index (κ3) is 2.27. The number of fused-ring (bicyclic) bond motifs is 6. The summed E-state index contributed by atoms with van der Waals surface area (Å²) in [5, 5.41) is 0. The molecule has 1 spiro atoms. The van der Waals surface area contributed by atoms with E-state index in [1.54, 1.807) is 0 Å². The molecule has 6 aliphatic rings. The second kappa shape index (κ2) is 5.73. The summed E-state index contributed by atoms with van der Waals surface area (Å²) in [7, 11) is 0. The number of halogens is 1. The molecule has 0 aromatic heterocycles. The summed E-state index contributed by atoms with van der Waals surface area (Å²) in [4.78, 5) is 25.9. The zero-order chi connectivity index (χ0) is 21.4. The number of epoxide rings is 1. The van der Waals surface area contributed by atoms with E-state index in [0.717, 1.165) is 38.5 Å². The largest absolute Gasteiger partial charge is 0.462 e. The van der Waals surface area contributed by atoms with Gasteiger partial charge in [-0.1, -0.05) is 29.8 Å². The van der Waals surface area contributed by atoms with E-state index in [-0.39, 0.29) is 34.6 Å². The highest BCUT2D eigenvalue weighted by Gasteiger charge is 2.81. The van der Waals surface area contributed by atoms with Crippen LogP contribution in [0.5, 0.6) is 0 Å². The number of carbonyl (C=O) groups excluding carboxylic acids is 2. The molecule has 0 aromatic rings. The van der Waals surface area contributed by atoms with Gasteiger partial charge >= 0.3 is 5.97 Å². The Kier molecular flexibility index (Phi) is 3.86. The van der Waals surface area contributed by atoms with Crippen molar-refractivity contribution in [2.45, 2.75) is 95.8 Å². The molecule has 6 rings (SSSR count). The molecule has 5 aliphatic carbocycles. The van der Waals surface area contributed by atoms with Crippen LogP contribution >= 0.6 is 15.9 Å². The number of carbonyl (C=O) groups is 2. The highest BCUT2D eigenvalue weighted by atomic mass is 79.9. The molecule has 0 radical (unpaired) electrons. The molecule has 5 heteroatoms. The van der Waals surface area contributed by atoms with Crippen molar-refractivity contribution < 1.29 is 19.1 Å². The molecule has 0 bridgehead atoms. The van der Waals surface area contributed by atoms with Gasteiger partial charge in [0.2, 0.25) is 0 Å². The van der Waals surface area contributed by atoms with Gasteiger partial charge in [0.1, 0.15) is 23.6 Å². The second-order valence-electron chi connectivity index (χ2n) is 12.8. The molecule has 6 fully saturated rings. The third-order valence-corrected chi connectivity index (χ3v) is 11.5. The number of rotatable bonds is 1. The van der Waals surface area contributed by atoms with Crippen molar-refractivity contribution in [1.82, 2.24) is 0 Å². The summed E-state index contributed by atoms with van der Waals surface area (Å²) >= 11 is 4.10. The third-order valence-electron chi connectivity index (χ3n) is 10.4. The van der Waals surface area contributed by atoms with Crippen LogP contribution in [0.1, 0.15) is 73.1 Å². The van der Waals surface area contributed by atoms with Gasteiger partial charge < -0.3 is 9.47 Å². The molecule has 4 nitrogen and oxygen atoms in total. The van der Waals surface area contributed by atoms with E-state index in [2.05, 4.69) is 29.8 Å². The summed E-state index contributed by atoms with van der Waals surface area (Å²) in [6.07, 6.45) is 6.26. The van der Waals surface area contributed by atoms with Crippen molar-refractivity contribution in [1.29, 1.82) is 0 Å². The lowest BCUT2D eigenvalue weighted by molar-refractivity contribution is -0.168. The van der Waals surface area contributed by atoms with E-state index in [1.165, 1.54) is 0 Å². The van der Waals surface area contributed by atoms with Crippen molar-refractivity contribution in [2.75, 3.05) is 0 Å².